The van der Waals surface area contributed by atoms with Crippen LogP contribution < -0.4 is 20.9 Å². The first-order chi connectivity index (χ1) is 16.8. The van der Waals surface area contributed by atoms with Crippen molar-refractivity contribution in [3.63, 3.8) is 0 Å². The van der Waals surface area contributed by atoms with Gasteiger partial charge in [0, 0.05) is 30.7 Å². The van der Waals surface area contributed by atoms with Crippen LogP contribution in [0.15, 0.2) is 36.8 Å². The molecule has 0 unspecified atom stereocenters. The van der Waals surface area contributed by atoms with Gasteiger partial charge in [-0.25, -0.2) is 19.4 Å². The summed E-state index contributed by atoms with van der Waals surface area (Å²) in [5, 5.41) is 4.05. The number of halogens is 1. The largest absolute Gasteiger partial charge is 0.494 e. The molecule has 35 heavy (non-hydrogen) atoms. The molecule has 0 bridgehead atoms. The summed E-state index contributed by atoms with van der Waals surface area (Å²) in [6.07, 6.45) is 6.19. The van der Waals surface area contributed by atoms with Crippen LogP contribution in [0.4, 0.5) is 15.8 Å². The lowest BCUT2D eigenvalue weighted by Crippen LogP contribution is -2.28. The predicted molar refractivity (Wildman–Crippen MR) is 126 cm³/mol. The number of hydrogen-bond donors (Lipinski definition) is 2. The Hall–Kier alpha value is -4.12. The van der Waals surface area contributed by atoms with Crippen molar-refractivity contribution < 1.29 is 23.6 Å². The summed E-state index contributed by atoms with van der Waals surface area (Å²) >= 11 is 0. The average Bonchev–Trinajstić information content (AvgIpc) is 3.66. The molecule has 1 fully saturated rings. The molecule has 3 aromatic rings. The van der Waals surface area contributed by atoms with E-state index in [1.54, 1.807) is 19.3 Å². The van der Waals surface area contributed by atoms with E-state index < -0.39 is 17.6 Å². The minimum Gasteiger partial charge on any atom is -0.494 e. The Morgan fingerprint density at radius 2 is 1.86 bits per heavy atom. The molecule has 4 rings (SSSR count). The number of rotatable bonds is 9. The molecule has 11 heteroatoms. The smallest absolute Gasteiger partial charge is 0.270 e. The molecule has 0 saturated heterocycles. The van der Waals surface area contributed by atoms with Gasteiger partial charge in [0.15, 0.2) is 11.6 Å². The van der Waals surface area contributed by atoms with Crippen LogP contribution in [0.5, 0.6) is 5.75 Å². The topological polar surface area (TPSA) is 133 Å². The van der Waals surface area contributed by atoms with Gasteiger partial charge in [-0.15, -0.1) is 0 Å². The van der Waals surface area contributed by atoms with Crippen LogP contribution in [-0.4, -0.2) is 46.5 Å². The second-order valence-corrected chi connectivity index (χ2v) is 8.00. The maximum Gasteiger partial charge on any atom is 0.270 e. The van der Waals surface area contributed by atoms with E-state index in [0.29, 0.717) is 0 Å². The number of pyridine rings is 1. The molecule has 0 aliphatic heterocycles. The fourth-order valence-electron chi connectivity index (χ4n) is 3.45. The molecule has 1 saturated carbocycles. The Bertz CT molecular complexity index is 1260. The highest BCUT2D eigenvalue weighted by Crippen LogP contribution is 2.42. The number of nitrogens with one attached hydrogen (secondary N) is 1. The van der Waals surface area contributed by atoms with Crippen LogP contribution >= 0.6 is 0 Å². The molecular formula is C24H25FN6O4. The molecule has 2 aromatic heterocycles. The fourth-order valence-corrected chi connectivity index (χ4v) is 3.45. The number of anilines is 2. The Labute approximate surface area is 201 Å². The number of benzene rings is 1. The van der Waals surface area contributed by atoms with Gasteiger partial charge in [0.25, 0.3) is 11.8 Å². The summed E-state index contributed by atoms with van der Waals surface area (Å²) in [5.74, 6) is -1.39. The second-order valence-electron chi connectivity index (χ2n) is 8.00. The maximum absolute atomic E-state index is 14.9. The van der Waals surface area contributed by atoms with Gasteiger partial charge in [0.1, 0.15) is 17.2 Å². The molecule has 10 nitrogen and oxygen atoms in total. The lowest BCUT2D eigenvalue weighted by Gasteiger charge is -2.27. The predicted octanol–water partition coefficient (Wildman–Crippen LogP) is 3.08. The van der Waals surface area contributed by atoms with Crippen LogP contribution in [-0.2, 0) is 4.84 Å². The number of carbonyl (C=O) groups excluding carboxylic acids is 2. The Morgan fingerprint density at radius 3 is 2.46 bits per heavy atom. The van der Waals surface area contributed by atoms with Gasteiger partial charge >= 0.3 is 0 Å². The number of methoxy groups -OCH3 is 1. The molecule has 2 heterocycles. The van der Waals surface area contributed by atoms with Crippen molar-refractivity contribution in [2.24, 2.45) is 5.73 Å². The standard InChI is InChI=1S/C24H25FN6O4/c1-4-35-31(19-9-18(24(33)30-15-5-6-15)27-12-17(19)22(26)32)20-8-14(25)7-16(21(20)34-3)23-28-10-13(2)11-29-23/h7-12,15H,4-6H2,1-3H3,(H2,26,32)(H,30,33). The van der Waals surface area contributed by atoms with E-state index in [4.69, 9.17) is 15.3 Å². The van der Waals surface area contributed by atoms with E-state index in [9.17, 15) is 14.0 Å². The monoisotopic (exact) mass is 480 g/mol. The molecular weight excluding hydrogens is 455 g/mol. The minimum atomic E-state index is -0.802. The number of primary amides is 1. The Kier molecular flexibility index (Phi) is 6.87. The summed E-state index contributed by atoms with van der Waals surface area (Å²) in [4.78, 5) is 43.4. The van der Waals surface area contributed by atoms with E-state index >= 15 is 0 Å². The van der Waals surface area contributed by atoms with Gasteiger partial charge in [0.05, 0.1) is 30.5 Å². The number of amides is 2. The van der Waals surface area contributed by atoms with Crippen molar-refractivity contribution in [2.45, 2.75) is 32.7 Å². The first kappa shape index (κ1) is 24.0. The van der Waals surface area contributed by atoms with Crippen LogP contribution in [0.2, 0.25) is 0 Å². The summed E-state index contributed by atoms with van der Waals surface area (Å²) in [7, 11) is 1.41. The van der Waals surface area contributed by atoms with Crippen LogP contribution in [0.1, 0.15) is 46.2 Å². The van der Waals surface area contributed by atoms with Crippen LogP contribution in [0.25, 0.3) is 11.4 Å². The highest BCUT2D eigenvalue weighted by atomic mass is 19.1. The lowest BCUT2D eigenvalue weighted by molar-refractivity contribution is 0.0942. The number of aryl methyl sites for hydroxylation is 1. The Morgan fingerprint density at radius 1 is 1.14 bits per heavy atom. The normalized spacial score (nSPS) is 12.8. The summed E-state index contributed by atoms with van der Waals surface area (Å²) < 4.78 is 20.5. The lowest BCUT2D eigenvalue weighted by atomic mass is 10.1. The quantitative estimate of drug-likeness (QED) is 0.447. The zero-order valence-corrected chi connectivity index (χ0v) is 19.5. The summed E-state index contributed by atoms with van der Waals surface area (Å²) in [6.45, 7) is 3.69. The van der Waals surface area contributed by atoms with Crippen molar-refractivity contribution in [3.05, 3.63) is 59.4 Å². The molecule has 182 valence electrons. The SMILES string of the molecule is CCON(c1cc(C(=O)NC2CC2)ncc1C(N)=O)c1cc(F)cc(-c2ncc(C)cn2)c1OC. The number of carbonyl (C=O) groups is 2. The van der Waals surface area contributed by atoms with Crippen LogP contribution in [0.3, 0.4) is 0 Å². The number of hydrogen-bond acceptors (Lipinski definition) is 8. The Balaban J connectivity index is 1.89. The number of aromatic nitrogens is 3. The number of nitrogens with two attached hydrogens (primary N) is 1. The van der Waals surface area contributed by atoms with Gasteiger partial charge in [-0.1, -0.05) is 0 Å². The van der Waals surface area contributed by atoms with Crippen molar-refractivity contribution >= 4 is 23.2 Å². The molecule has 0 atom stereocenters. The maximum atomic E-state index is 14.9. The third-order valence-corrected chi connectivity index (χ3v) is 5.25. The fraction of sp³-hybridized carbons (Fsp3) is 0.292. The van der Waals surface area contributed by atoms with Gasteiger partial charge in [-0.2, -0.15) is 0 Å². The van der Waals surface area contributed by atoms with E-state index in [-0.39, 0.29) is 52.4 Å². The van der Waals surface area contributed by atoms with Crippen molar-refractivity contribution in [3.8, 4) is 17.1 Å². The minimum absolute atomic E-state index is 0.0270. The van der Waals surface area contributed by atoms with E-state index in [1.165, 1.54) is 36.6 Å². The van der Waals surface area contributed by atoms with E-state index in [0.717, 1.165) is 18.4 Å². The number of nitrogens with zero attached hydrogens (tertiary/aromatic N) is 4. The molecule has 1 aliphatic carbocycles. The second kappa shape index (κ2) is 10.0. The van der Waals surface area contributed by atoms with Gasteiger partial charge in [0.2, 0.25) is 0 Å². The van der Waals surface area contributed by atoms with E-state index in [2.05, 4.69) is 20.3 Å². The zero-order chi connectivity index (χ0) is 25.1. The van der Waals surface area contributed by atoms with Crippen LogP contribution in [0, 0.1) is 12.7 Å². The summed E-state index contributed by atoms with van der Waals surface area (Å²) in [5.41, 5.74) is 6.95. The molecule has 1 aliphatic rings. The average molecular weight is 481 g/mol. The first-order valence-corrected chi connectivity index (χ1v) is 11.0. The molecule has 0 spiro atoms. The van der Waals surface area contributed by atoms with E-state index in [1.807, 2.05) is 6.92 Å². The third-order valence-electron chi connectivity index (χ3n) is 5.25. The third kappa shape index (κ3) is 5.19. The van der Waals surface area contributed by atoms with Gasteiger partial charge in [-0.3, -0.25) is 19.4 Å². The van der Waals surface area contributed by atoms with Gasteiger partial charge in [-0.05, 0) is 44.4 Å². The molecule has 0 radical (unpaired) electrons. The van der Waals surface area contributed by atoms with Crippen molar-refractivity contribution in [1.82, 2.24) is 20.3 Å². The van der Waals surface area contributed by atoms with Gasteiger partial charge < -0.3 is 15.8 Å². The van der Waals surface area contributed by atoms with Crippen molar-refractivity contribution in [1.29, 1.82) is 0 Å². The van der Waals surface area contributed by atoms with Crippen molar-refractivity contribution in [2.75, 3.05) is 18.8 Å². The molecule has 2 amide bonds. The zero-order valence-electron chi connectivity index (χ0n) is 19.5. The first-order valence-electron chi connectivity index (χ1n) is 11.0. The summed E-state index contributed by atoms with van der Waals surface area (Å²) in [6, 6.07) is 3.90. The molecule has 3 N–H and O–H groups in total. The number of ether oxygens (including phenoxy) is 1. The highest BCUT2D eigenvalue weighted by molar-refractivity contribution is 6.02. The highest BCUT2D eigenvalue weighted by Gasteiger charge is 2.28. The molecule has 1 aromatic carbocycles.